The molecule has 0 amide bonds. The molecule has 0 atom stereocenters. The van der Waals surface area contributed by atoms with E-state index in [0.717, 1.165) is 0 Å². The minimum atomic E-state index is -4.64. The van der Waals surface area contributed by atoms with Crippen molar-refractivity contribution in [1.29, 1.82) is 0 Å². The first-order valence-electron chi connectivity index (χ1n) is 2.34. The molecule has 0 aromatic carbocycles. The van der Waals surface area contributed by atoms with Crippen molar-refractivity contribution >= 4 is 25.0 Å². The number of hydrogen-bond donors (Lipinski definition) is 4. The molecule has 1 aliphatic heterocycles. The fourth-order valence-corrected chi connectivity index (χ4v) is 0.335. The van der Waals surface area contributed by atoms with Crippen LogP contribution in [0.4, 0.5) is 0 Å². The van der Waals surface area contributed by atoms with Gasteiger partial charge in [0.2, 0.25) is 0 Å². The highest BCUT2D eigenvalue weighted by Gasteiger charge is 2.00. The van der Waals surface area contributed by atoms with Crippen molar-refractivity contribution in [3.63, 3.8) is 0 Å². The van der Waals surface area contributed by atoms with Crippen molar-refractivity contribution in [2.24, 2.45) is 10.3 Å². The van der Waals surface area contributed by atoms with E-state index in [1.54, 1.807) is 0 Å². The Hall–Kier alpha value is -0.400. The molecule has 0 fully saturated rings. The van der Waals surface area contributed by atoms with Gasteiger partial charge in [-0.3, -0.25) is 5.43 Å². The second kappa shape index (κ2) is 4.47. The Morgan fingerprint density at radius 1 is 1.55 bits per heavy atom. The van der Waals surface area contributed by atoms with Crippen LogP contribution in [-0.2, 0) is 4.57 Å². The van der Waals surface area contributed by atoms with Gasteiger partial charge in [-0.25, -0.2) is 4.57 Å². The maximum atomic E-state index is 8.88. The third-order valence-electron chi connectivity index (χ3n) is 0.463. The Labute approximate surface area is 67.4 Å². The van der Waals surface area contributed by atoms with E-state index in [0.29, 0.717) is 11.5 Å². The Balaban J connectivity index is 0.000000187. The van der Waals surface area contributed by atoms with Gasteiger partial charge < -0.3 is 14.7 Å². The second-order valence-electron chi connectivity index (χ2n) is 1.44. The molecule has 0 radical (unpaired) electrons. The van der Waals surface area contributed by atoms with Gasteiger partial charge in [0, 0.05) is 0 Å². The van der Waals surface area contributed by atoms with Crippen LogP contribution >= 0.6 is 20.0 Å². The van der Waals surface area contributed by atoms with Gasteiger partial charge in [0.25, 0.3) is 0 Å². The molecule has 1 aliphatic rings. The second-order valence-corrected chi connectivity index (χ2v) is 2.94. The quantitative estimate of drug-likeness (QED) is 0.304. The fraction of sp³-hybridized carbons (Fsp3) is 0.500. The highest BCUT2D eigenvalue weighted by Crippen LogP contribution is 2.25. The molecule has 11 heavy (non-hydrogen) atoms. The monoisotopic (exact) mass is 199 g/mol. The third kappa shape index (κ3) is 12.7. The van der Waals surface area contributed by atoms with Gasteiger partial charge >= 0.3 is 7.82 Å². The topological polar surface area (TPSA) is 115 Å². The number of nitrogens with zero attached hydrogens (tertiary/aromatic N) is 2. The van der Waals surface area contributed by atoms with Crippen molar-refractivity contribution in [2.45, 2.75) is 0 Å². The minimum absolute atomic E-state index is 0.634. The van der Waals surface area contributed by atoms with Crippen molar-refractivity contribution in [2.75, 3.05) is 6.54 Å². The zero-order valence-electron chi connectivity index (χ0n) is 5.21. The molecule has 0 aromatic rings. The first-order chi connectivity index (χ1) is 4.89. The molecule has 0 unspecified atom stereocenters. The predicted octanol–water partition coefficient (Wildman–Crippen LogP) is -0.644. The lowest BCUT2D eigenvalue weighted by Crippen LogP contribution is -2.04. The number of thiocarbonyl (C=S) groups is 1. The SMILES string of the molecule is O=P(O)(O)O.S=C1CNN=N1. The Morgan fingerprint density at radius 2 is 2.00 bits per heavy atom. The summed E-state index contributed by atoms with van der Waals surface area (Å²) in [6.07, 6.45) is 0. The summed E-state index contributed by atoms with van der Waals surface area (Å²) in [4.78, 5) is 22.2. The first-order valence-corrected chi connectivity index (χ1v) is 4.31. The van der Waals surface area contributed by atoms with Gasteiger partial charge in [0.1, 0.15) is 4.99 Å². The van der Waals surface area contributed by atoms with Crippen LogP contribution in [0.15, 0.2) is 10.3 Å². The summed E-state index contributed by atoms with van der Waals surface area (Å²) in [5.74, 6) is 0. The van der Waals surface area contributed by atoms with Gasteiger partial charge in [0.15, 0.2) is 0 Å². The molecular formula is C2H6N3O4PS. The lowest BCUT2D eigenvalue weighted by molar-refractivity contribution is 0.275. The van der Waals surface area contributed by atoms with Crippen LogP contribution < -0.4 is 5.43 Å². The van der Waals surface area contributed by atoms with E-state index in [1.807, 2.05) is 0 Å². The molecule has 1 heterocycles. The van der Waals surface area contributed by atoms with Gasteiger partial charge in [-0.15, -0.1) is 5.11 Å². The Morgan fingerprint density at radius 3 is 2.09 bits per heavy atom. The molecule has 0 aromatic heterocycles. The molecule has 1 rings (SSSR count). The zero-order chi connectivity index (χ0) is 8.91. The van der Waals surface area contributed by atoms with Gasteiger partial charge in [0.05, 0.1) is 6.54 Å². The molecule has 0 spiro atoms. The molecule has 64 valence electrons. The minimum Gasteiger partial charge on any atom is -0.303 e. The van der Waals surface area contributed by atoms with Crippen LogP contribution in [0.5, 0.6) is 0 Å². The lowest BCUT2D eigenvalue weighted by atomic mass is 10.7. The van der Waals surface area contributed by atoms with E-state index in [1.165, 1.54) is 0 Å². The van der Waals surface area contributed by atoms with E-state index in [9.17, 15) is 0 Å². The van der Waals surface area contributed by atoms with Gasteiger partial charge in [-0.1, -0.05) is 17.4 Å². The predicted molar refractivity (Wildman–Crippen MR) is 39.7 cm³/mol. The summed E-state index contributed by atoms with van der Waals surface area (Å²) < 4.78 is 8.88. The molecule has 9 heteroatoms. The number of nitrogens with one attached hydrogen (secondary N) is 1. The molecule has 0 saturated carbocycles. The molecule has 0 bridgehead atoms. The van der Waals surface area contributed by atoms with E-state index in [4.69, 9.17) is 19.2 Å². The van der Waals surface area contributed by atoms with Gasteiger partial charge in [-0.2, -0.15) is 0 Å². The summed E-state index contributed by atoms with van der Waals surface area (Å²) >= 11 is 4.60. The Bertz CT molecular complexity index is 203. The van der Waals surface area contributed by atoms with Gasteiger partial charge in [-0.05, 0) is 0 Å². The fourth-order valence-electron chi connectivity index (χ4n) is 0.229. The first kappa shape index (κ1) is 10.6. The highest BCUT2D eigenvalue weighted by molar-refractivity contribution is 7.80. The van der Waals surface area contributed by atoms with Crippen molar-refractivity contribution in [3.8, 4) is 0 Å². The molecule has 7 nitrogen and oxygen atoms in total. The van der Waals surface area contributed by atoms with Crippen LogP contribution in [0, 0.1) is 0 Å². The summed E-state index contributed by atoms with van der Waals surface area (Å²) in [7, 11) is -4.64. The smallest absolute Gasteiger partial charge is 0.303 e. The van der Waals surface area contributed by atoms with E-state index in [2.05, 4.69) is 28.0 Å². The van der Waals surface area contributed by atoms with Crippen molar-refractivity contribution in [3.05, 3.63) is 0 Å². The highest BCUT2D eigenvalue weighted by atomic mass is 32.1. The van der Waals surface area contributed by atoms with Crippen LogP contribution in [0.3, 0.4) is 0 Å². The summed E-state index contributed by atoms with van der Waals surface area (Å²) in [6.45, 7) is 0.634. The van der Waals surface area contributed by atoms with E-state index in [-0.39, 0.29) is 0 Å². The number of hydrogen-bond acceptors (Lipinski definition) is 4. The summed E-state index contributed by atoms with van der Waals surface area (Å²) in [6, 6.07) is 0. The van der Waals surface area contributed by atoms with E-state index >= 15 is 0 Å². The largest absolute Gasteiger partial charge is 0.466 e. The lowest BCUT2D eigenvalue weighted by Gasteiger charge is -1.82. The maximum absolute atomic E-state index is 8.88. The summed E-state index contributed by atoms with van der Waals surface area (Å²) in [5, 5.41) is 6.88. The average Bonchev–Trinajstić information content (AvgIpc) is 2.12. The molecule has 0 aliphatic carbocycles. The van der Waals surface area contributed by atoms with Crippen molar-refractivity contribution < 1.29 is 19.2 Å². The molecule has 0 saturated heterocycles. The van der Waals surface area contributed by atoms with E-state index < -0.39 is 7.82 Å². The maximum Gasteiger partial charge on any atom is 0.466 e. The van der Waals surface area contributed by atoms with Crippen LogP contribution in [0.1, 0.15) is 0 Å². The van der Waals surface area contributed by atoms with Crippen molar-refractivity contribution in [1.82, 2.24) is 5.43 Å². The number of phosphoric acid groups is 1. The number of rotatable bonds is 0. The third-order valence-corrected chi connectivity index (χ3v) is 0.689. The Kier molecular flexibility index (Phi) is 4.31. The van der Waals surface area contributed by atoms with Crippen LogP contribution in [0.25, 0.3) is 0 Å². The van der Waals surface area contributed by atoms with Crippen LogP contribution in [-0.4, -0.2) is 26.2 Å². The molecule has 4 N–H and O–H groups in total. The molecular weight excluding hydrogens is 193 g/mol. The average molecular weight is 199 g/mol. The summed E-state index contributed by atoms with van der Waals surface area (Å²) in [5.41, 5.74) is 2.59. The van der Waals surface area contributed by atoms with Crippen LogP contribution in [0.2, 0.25) is 0 Å². The normalized spacial score (nSPS) is 15.4. The standard InChI is InChI=1S/C2H3N3S.H3O4P/c6-2-1-3-5-4-2;1-5(2,3)4/h1H2,(H,3,4,6);(H3,1,2,3,4). The zero-order valence-corrected chi connectivity index (χ0v) is 6.92.